The second kappa shape index (κ2) is 11.4. The summed E-state index contributed by atoms with van der Waals surface area (Å²) >= 11 is 5.76. The molecule has 4 nitrogen and oxygen atoms in total. The molecular weight excluding hydrogens is 528 g/mol. The molecule has 0 atom stereocenters. The predicted octanol–water partition coefficient (Wildman–Crippen LogP) is 8.22. The van der Waals surface area contributed by atoms with Gasteiger partial charge >= 0.3 is 0 Å². The lowest BCUT2D eigenvalue weighted by Crippen LogP contribution is -2.56. The Morgan fingerprint density at radius 2 is 1.10 bits per heavy atom. The van der Waals surface area contributed by atoms with Crippen LogP contribution in [0.15, 0.2) is 0 Å². The molecule has 41 heavy (non-hydrogen) atoms. The Bertz CT molecular complexity index is 907. The number of amides is 1. The fraction of sp³-hybridized carbons (Fsp3) is 0.944. The smallest absolute Gasteiger partial charge is 0.228 e. The molecule has 1 amide bonds. The van der Waals surface area contributed by atoms with Crippen molar-refractivity contribution < 1.29 is 9.59 Å². The molecule has 5 heteroatoms. The number of carbonyl (C=O) groups excluding carboxylic acids is 2. The third kappa shape index (κ3) is 6.59. The first-order chi connectivity index (χ1) is 19.3. The summed E-state index contributed by atoms with van der Waals surface area (Å²) < 4.78 is 0. The van der Waals surface area contributed by atoms with Gasteiger partial charge in [0.15, 0.2) is 0 Å². The van der Waals surface area contributed by atoms with Gasteiger partial charge in [-0.25, -0.2) is 0 Å². The number of halogens is 1. The van der Waals surface area contributed by atoms with E-state index in [0.717, 1.165) is 67.9 Å². The molecule has 10 aliphatic rings. The molecule has 8 aliphatic carbocycles. The zero-order chi connectivity index (χ0) is 29.0. The van der Waals surface area contributed by atoms with Crippen LogP contribution in [0.2, 0.25) is 0 Å². The van der Waals surface area contributed by atoms with Crippen LogP contribution in [0.4, 0.5) is 0 Å². The molecule has 8 saturated carbocycles. The lowest BCUT2D eigenvalue weighted by atomic mass is 9.49. The van der Waals surface area contributed by atoms with Gasteiger partial charge in [-0.1, -0.05) is 27.7 Å². The summed E-state index contributed by atoms with van der Waals surface area (Å²) in [5.74, 6) is 5.66. The van der Waals surface area contributed by atoms with E-state index in [1.165, 1.54) is 96.6 Å². The summed E-state index contributed by atoms with van der Waals surface area (Å²) in [5.41, 5.74) is 0.896. The first kappa shape index (κ1) is 30.4. The Morgan fingerprint density at radius 1 is 0.659 bits per heavy atom. The maximum Gasteiger partial charge on any atom is 0.228 e. The van der Waals surface area contributed by atoms with Crippen LogP contribution >= 0.6 is 11.6 Å². The van der Waals surface area contributed by atoms with E-state index in [2.05, 4.69) is 37.9 Å². The first-order valence-corrected chi connectivity index (χ1v) is 17.9. The van der Waals surface area contributed by atoms with E-state index < -0.39 is 0 Å². The van der Waals surface area contributed by atoms with Crippen LogP contribution in [0.3, 0.4) is 0 Å². The van der Waals surface area contributed by atoms with Crippen LogP contribution in [-0.4, -0.2) is 42.2 Å². The molecular formula is C36H59ClN2O2. The predicted molar refractivity (Wildman–Crippen MR) is 168 cm³/mol. The number of nitrogens with zero attached hydrogens (tertiary/aromatic N) is 1. The number of rotatable bonds is 2. The van der Waals surface area contributed by atoms with Crippen LogP contribution in [0.25, 0.3) is 0 Å². The summed E-state index contributed by atoms with van der Waals surface area (Å²) in [7, 11) is 0. The molecule has 0 unspecified atom stereocenters. The molecule has 232 valence electrons. The van der Waals surface area contributed by atoms with Crippen molar-refractivity contribution in [2.75, 3.05) is 26.2 Å². The van der Waals surface area contributed by atoms with Crippen molar-refractivity contribution in [2.24, 2.45) is 57.2 Å². The van der Waals surface area contributed by atoms with Crippen LogP contribution in [0.1, 0.15) is 130 Å². The van der Waals surface area contributed by atoms with E-state index in [1.54, 1.807) is 0 Å². The number of hydrogen-bond acceptors (Lipinski definition) is 3. The first-order valence-electron chi connectivity index (χ1n) is 17.5. The summed E-state index contributed by atoms with van der Waals surface area (Å²) in [6, 6.07) is 0. The van der Waals surface area contributed by atoms with Gasteiger partial charge in [-0.2, -0.15) is 0 Å². The van der Waals surface area contributed by atoms with Crippen molar-refractivity contribution in [3.63, 3.8) is 0 Å². The number of piperidine rings is 2. The van der Waals surface area contributed by atoms with E-state index in [9.17, 15) is 9.59 Å². The number of carbonyl (C=O) groups is 2. The Kier molecular flexibility index (Phi) is 8.45. The van der Waals surface area contributed by atoms with Crippen LogP contribution in [-0.2, 0) is 9.59 Å². The van der Waals surface area contributed by atoms with Gasteiger partial charge in [0.25, 0.3) is 0 Å². The molecule has 0 radical (unpaired) electrons. The highest BCUT2D eigenvalue weighted by Gasteiger charge is 2.56. The fourth-order valence-corrected chi connectivity index (χ4v) is 12.1. The second-order valence-electron chi connectivity index (χ2n) is 18.1. The zero-order valence-electron chi connectivity index (χ0n) is 26.7. The Balaban J connectivity index is 0.000000123. The monoisotopic (exact) mass is 586 g/mol. The minimum Gasteiger partial charge on any atom is -0.342 e. The average molecular weight is 587 g/mol. The highest BCUT2D eigenvalue weighted by atomic mass is 35.5. The van der Waals surface area contributed by atoms with Gasteiger partial charge in [0.2, 0.25) is 11.1 Å². The summed E-state index contributed by atoms with van der Waals surface area (Å²) in [6.45, 7) is 13.7. The maximum absolute atomic E-state index is 13.3. The van der Waals surface area contributed by atoms with Crippen molar-refractivity contribution in [1.82, 2.24) is 10.2 Å². The van der Waals surface area contributed by atoms with Gasteiger partial charge in [-0.15, -0.1) is 0 Å². The molecule has 2 saturated heterocycles. The molecule has 0 aromatic heterocycles. The standard InChI is InChI=1S/C18H29NO.C11H15ClO.C7H15N/c1-17(2)4-3-5-19(12-17)16(20)18-9-13-6-14(10-18)8-15(7-13)11-18;12-10(13)11-4-7-1-8(5-11)3-9(2-7)6-11;1-7(2)4-3-5-8-6-7/h13-15H,3-12H2,1-2H3;7-9H,1-6H2;8H,3-6H2,1-2H3. The van der Waals surface area contributed by atoms with Crippen molar-refractivity contribution >= 4 is 22.8 Å². The van der Waals surface area contributed by atoms with Crippen molar-refractivity contribution in [3.8, 4) is 0 Å². The third-order valence-electron chi connectivity index (χ3n) is 12.9. The number of hydrogen-bond donors (Lipinski definition) is 1. The van der Waals surface area contributed by atoms with E-state index in [1.807, 2.05) is 0 Å². The molecule has 10 fully saturated rings. The SMILES string of the molecule is CC1(C)CCCN(C(=O)C23CC4CC(CC(C4)C2)C3)C1.CC1(C)CCCNC1.O=C(Cl)C12CC3CC(CC(C3)C1)C2. The lowest BCUT2D eigenvalue weighted by molar-refractivity contribution is -0.160. The molecule has 0 aromatic rings. The Labute approximate surface area is 255 Å². The van der Waals surface area contributed by atoms with E-state index in [-0.39, 0.29) is 16.1 Å². The topological polar surface area (TPSA) is 49.4 Å². The Hall–Kier alpha value is -0.610. The summed E-state index contributed by atoms with van der Waals surface area (Å²) in [6.07, 6.45) is 20.6. The van der Waals surface area contributed by atoms with Gasteiger partial charge in [-0.3, -0.25) is 9.59 Å². The van der Waals surface area contributed by atoms with Gasteiger partial charge in [0, 0.05) is 25.0 Å². The Morgan fingerprint density at radius 3 is 1.44 bits per heavy atom. The minimum atomic E-state index is -0.0731. The van der Waals surface area contributed by atoms with E-state index in [4.69, 9.17) is 11.6 Å². The quantitative estimate of drug-likeness (QED) is 0.332. The largest absolute Gasteiger partial charge is 0.342 e. The summed E-state index contributed by atoms with van der Waals surface area (Å²) in [4.78, 5) is 27.0. The number of nitrogens with one attached hydrogen (secondary N) is 1. The van der Waals surface area contributed by atoms with Crippen molar-refractivity contribution in [3.05, 3.63) is 0 Å². The molecule has 1 N–H and O–H groups in total. The van der Waals surface area contributed by atoms with Crippen LogP contribution in [0.5, 0.6) is 0 Å². The van der Waals surface area contributed by atoms with Crippen LogP contribution < -0.4 is 5.32 Å². The minimum absolute atomic E-state index is 0.0356. The molecule has 0 spiro atoms. The zero-order valence-corrected chi connectivity index (χ0v) is 27.5. The van der Waals surface area contributed by atoms with Crippen molar-refractivity contribution in [1.29, 1.82) is 0 Å². The molecule has 8 bridgehead atoms. The fourth-order valence-electron chi connectivity index (χ4n) is 11.9. The van der Waals surface area contributed by atoms with Crippen molar-refractivity contribution in [2.45, 2.75) is 130 Å². The van der Waals surface area contributed by atoms with E-state index >= 15 is 0 Å². The highest BCUT2D eigenvalue weighted by molar-refractivity contribution is 6.64. The number of likely N-dealkylation sites (tertiary alicyclic amines) is 1. The summed E-state index contributed by atoms with van der Waals surface area (Å²) in [5, 5.41) is 3.34. The average Bonchev–Trinajstić information content (AvgIpc) is 2.87. The molecule has 2 aliphatic heterocycles. The van der Waals surface area contributed by atoms with Gasteiger partial charge in [0.1, 0.15) is 0 Å². The van der Waals surface area contributed by atoms with Gasteiger partial charge in [0.05, 0.1) is 5.41 Å². The second-order valence-corrected chi connectivity index (χ2v) is 18.5. The normalized spacial score (nSPS) is 44.4. The van der Waals surface area contributed by atoms with E-state index in [0.29, 0.717) is 16.7 Å². The lowest BCUT2D eigenvalue weighted by Gasteiger charge is -2.57. The van der Waals surface area contributed by atoms with Gasteiger partial charge in [-0.05, 0) is 167 Å². The maximum atomic E-state index is 13.3. The highest BCUT2D eigenvalue weighted by Crippen LogP contribution is 2.62. The third-order valence-corrected chi connectivity index (χ3v) is 13.3. The molecule has 10 rings (SSSR count). The molecule has 2 heterocycles. The molecule has 0 aromatic carbocycles. The van der Waals surface area contributed by atoms with Crippen LogP contribution in [0, 0.1) is 57.2 Å². The van der Waals surface area contributed by atoms with Gasteiger partial charge < -0.3 is 10.2 Å².